The lowest BCUT2D eigenvalue weighted by molar-refractivity contribution is -0.131. The van der Waals surface area contributed by atoms with E-state index in [-0.39, 0.29) is 0 Å². The third-order valence-corrected chi connectivity index (χ3v) is 3.13. The van der Waals surface area contributed by atoms with Crippen molar-refractivity contribution in [3.05, 3.63) is 35.9 Å². The molecule has 1 rings (SSSR count). The van der Waals surface area contributed by atoms with Gasteiger partial charge in [-0.3, -0.25) is 0 Å². The summed E-state index contributed by atoms with van der Waals surface area (Å²) in [7, 11) is 0. The minimum absolute atomic E-state index is 0.563. The zero-order valence-corrected chi connectivity index (χ0v) is 12.3. The van der Waals surface area contributed by atoms with Gasteiger partial charge >= 0.3 is 5.97 Å². The molecule has 1 atom stereocenters. The van der Waals surface area contributed by atoms with Gasteiger partial charge in [0.2, 0.25) is 0 Å². The fourth-order valence-electron chi connectivity index (χ4n) is 1.91. The largest absolute Gasteiger partial charge is 0.493 e. The predicted molar refractivity (Wildman–Crippen MR) is 81.9 cm³/mol. The van der Waals surface area contributed by atoms with E-state index in [0.717, 1.165) is 24.0 Å². The molecule has 3 heteroatoms. The summed E-state index contributed by atoms with van der Waals surface area (Å²) in [4.78, 5) is 10.4. The first-order chi connectivity index (χ1) is 9.61. The van der Waals surface area contributed by atoms with Crippen LogP contribution in [0.3, 0.4) is 0 Å². The molecule has 0 amide bonds. The molecule has 0 saturated heterocycles. The Morgan fingerprint density at radius 1 is 1.30 bits per heavy atom. The zero-order valence-electron chi connectivity index (χ0n) is 12.3. The van der Waals surface area contributed by atoms with Crippen LogP contribution in [0.5, 0.6) is 5.75 Å². The second-order valence-electron chi connectivity index (χ2n) is 5.15. The van der Waals surface area contributed by atoms with Crippen molar-refractivity contribution in [3.8, 4) is 5.75 Å². The number of aliphatic carboxylic acids is 1. The van der Waals surface area contributed by atoms with Gasteiger partial charge in [0.25, 0.3) is 0 Å². The van der Waals surface area contributed by atoms with Crippen LogP contribution in [0, 0.1) is 5.92 Å². The van der Waals surface area contributed by atoms with Gasteiger partial charge in [-0.2, -0.15) is 0 Å². The lowest BCUT2D eigenvalue weighted by Crippen LogP contribution is -2.08. The molecular formula is C17H24O3. The van der Waals surface area contributed by atoms with E-state index < -0.39 is 5.97 Å². The monoisotopic (exact) mass is 276 g/mol. The van der Waals surface area contributed by atoms with E-state index in [4.69, 9.17) is 9.84 Å². The Kier molecular flexibility index (Phi) is 7.48. The molecule has 0 aliphatic heterocycles. The topological polar surface area (TPSA) is 46.5 Å². The maximum Gasteiger partial charge on any atom is 0.328 e. The molecule has 0 aliphatic rings. The van der Waals surface area contributed by atoms with Crippen LogP contribution >= 0.6 is 0 Å². The number of carbonyl (C=O) groups is 1. The summed E-state index contributed by atoms with van der Waals surface area (Å²) in [5, 5.41) is 8.55. The lowest BCUT2D eigenvalue weighted by atomic mass is 10.0. The normalized spacial score (nSPS) is 12.5. The molecule has 20 heavy (non-hydrogen) atoms. The van der Waals surface area contributed by atoms with Gasteiger partial charge in [-0.1, -0.05) is 45.2 Å². The van der Waals surface area contributed by atoms with E-state index in [0.29, 0.717) is 5.92 Å². The van der Waals surface area contributed by atoms with Crippen molar-refractivity contribution in [1.82, 2.24) is 0 Å². The molecule has 0 heterocycles. The van der Waals surface area contributed by atoms with Crippen molar-refractivity contribution in [3.63, 3.8) is 0 Å². The molecule has 1 aromatic rings. The Bertz CT molecular complexity index is 420. The summed E-state index contributed by atoms with van der Waals surface area (Å²) < 4.78 is 5.74. The Morgan fingerprint density at radius 3 is 2.60 bits per heavy atom. The van der Waals surface area contributed by atoms with Crippen LogP contribution in [0.4, 0.5) is 0 Å². The molecule has 1 aromatic carbocycles. The van der Waals surface area contributed by atoms with Gasteiger partial charge < -0.3 is 9.84 Å². The average Bonchev–Trinajstić information content (AvgIpc) is 2.44. The molecule has 0 bridgehead atoms. The number of benzene rings is 1. The molecule has 110 valence electrons. The molecule has 0 spiro atoms. The molecule has 0 radical (unpaired) electrons. The van der Waals surface area contributed by atoms with Crippen LogP contribution in [0.2, 0.25) is 0 Å². The molecule has 1 unspecified atom stereocenters. The van der Waals surface area contributed by atoms with Crippen molar-refractivity contribution >= 4 is 12.0 Å². The maximum atomic E-state index is 10.4. The Labute approximate surface area is 121 Å². The number of carboxylic acid groups (broad SMARTS) is 1. The van der Waals surface area contributed by atoms with Gasteiger partial charge in [0, 0.05) is 6.08 Å². The fourth-order valence-corrected chi connectivity index (χ4v) is 1.91. The summed E-state index contributed by atoms with van der Waals surface area (Å²) in [5.41, 5.74) is 0.857. The Morgan fingerprint density at radius 2 is 2.00 bits per heavy atom. The number of hydrogen-bond donors (Lipinski definition) is 1. The highest BCUT2D eigenvalue weighted by atomic mass is 16.5. The first-order valence-electron chi connectivity index (χ1n) is 7.25. The van der Waals surface area contributed by atoms with E-state index in [1.54, 1.807) is 6.08 Å². The number of ether oxygens (including phenoxy) is 1. The van der Waals surface area contributed by atoms with Crippen molar-refractivity contribution in [2.45, 2.75) is 39.5 Å². The van der Waals surface area contributed by atoms with Gasteiger partial charge in [-0.25, -0.2) is 4.79 Å². The molecule has 1 N–H and O–H groups in total. The van der Waals surface area contributed by atoms with Crippen LogP contribution < -0.4 is 4.74 Å². The fraction of sp³-hybridized carbons (Fsp3) is 0.471. The van der Waals surface area contributed by atoms with E-state index in [9.17, 15) is 4.79 Å². The summed E-state index contributed by atoms with van der Waals surface area (Å²) in [5.74, 6) is 0.458. The van der Waals surface area contributed by atoms with E-state index in [2.05, 4.69) is 13.8 Å². The summed E-state index contributed by atoms with van der Waals surface area (Å²) >= 11 is 0. The summed E-state index contributed by atoms with van der Waals surface area (Å²) in [6.07, 6.45) is 7.70. The molecule has 3 nitrogen and oxygen atoms in total. The minimum atomic E-state index is -0.939. The first kappa shape index (κ1) is 16.3. The smallest absolute Gasteiger partial charge is 0.328 e. The van der Waals surface area contributed by atoms with E-state index in [1.165, 1.54) is 25.7 Å². The minimum Gasteiger partial charge on any atom is -0.493 e. The average molecular weight is 276 g/mol. The van der Waals surface area contributed by atoms with Crippen LogP contribution in [0.1, 0.15) is 45.1 Å². The number of hydrogen-bond acceptors (Lipinski definition) is 2. The molecular weight excluding hydrogens is 252 g/mol. The molecule has 0 aliphatic carbocycles. The Balaban J connectivity index is 2.36. The van der Waals surface area contributed by atoms with Gasteiger partial charge in [0.1, 0.15) is 5.75 Å². The highest BCUT2D eigenvalue weighted by Gasteiger charge is 2.03. The first-order valence-corrected chi connectivity index (χ1v) is 7.25. The number of carboxylic acids is 1. The predicted octanol–water partition coefficient (Wildman–Crippen LogP) is 4.38. The van der Waals surface area contributed by atoms with Crippen LogP contribution in [-0.4, -0.2) is 17.7 Å². The third kappa shape index (κ3) is 6.98. The van der Waals surface area contributed by atoms with Crippen molar-refractivity contribution in [2.75, 3.05) is 6.61 Å². The van der Waals surface area contributed by atoms with Gasteiger partial charge in [0.05, 0.1) is 6.61 Å². The van der Waals surface area contributed by atoms with Crippen molar-refractivity contribution < 1.29 is 14.6 Å². The lowest BCUT2D eigenvalue weighted by Gasteiger charge is -2.12. The van der Waals surface area contributed by atoms with Crippen LogP contribution in [0.25, 0.3) is 6.08 Å². The molecule has 0 aromatic heterocycles. The van der Waals surface area contributed by atoms with Crippen molar-refractivity contribution in [2.24, 2.45) is 5.92 Å². The zero-order chi connectivity index (χ0) is 14.8. The standard InChI is InChI=1S/C17H24O3/c1-3-4-5-6-14(2)13-20-16-10-7-15(8-11-16)9-12-17(18)19/h7-12,14H,3-6,13H2,1-2H3,(H,18,19). The second-order valence-corrected chi connectivity index (χ2v) is 5.15. The number of rotatable bonds is 9. The second kappa shape index (κ2) is 9.18. The maximum absolute atomic E-state index is 10.4. The van der Waals surface area contributed by atoms with Gasteiger partial charge in [-0.15, -0.1) is 0 Å². The van der Waals surface area contributed by atoms with Crippen LogP contribution in [0.15, 0.2) is 30.3 Å². The van der Waals surface area contributed by atoms with Crippen LogP contribution in [-0.2, 0) is 4.79 Å². The van der Waals surface area contributed by atoms with Gasteiger partial charge in [0.15, 0.2) is 0 Å². The van der Waals surface area contributed by atoms with E-state index >= 15 is 0 Å². The summed E-state index contributed by atoms with van der Waals surface area (Å²) in [6.45, 7) is 5.15. The van der Waals surface area contributed by atoms with Gasteiger partial charge in [-0.05, 0) is 36.1 Å². The van der Waals surface area contributed by atoms with Crippen molar-refractivity contribution in [1.29, 1.82) is 0 Å². The molecule has 0 saturated carbocycles. The highest BCUT2D eigenvalue weighted by molar-refractivity contribution is 5.85. The molecule has 0 fully saturated rings. The Hall–Kier alpha value is -1.77. The number of unbranched alkanes of at least 4 members (excludes halogenated alkanes) is 2. The third-order valence-electron chi connectivity index (χ3n) is 3.13. The van der Waals surface area contributed by atoms with E-state index in [1.807, 2.05) is 24.3 Å². The summed E-state index contributed by atoms with van der Waals surface area (Å²) in [6, 6.07) is 7.47. The highest BCUT2D eigenvalue weighted by Crippen LogP contribution is 2.16. The SMILES string of the molecule is CCCCCC(C)COc1ccc(C=CC(=O)O)cc1. The quantitative estimate of drug-likeness (QED) is 0.538.